The summed E-state index contributed by atoms with van der Waals surface area (Å²) >= 11 is 6.09. The smallest absolute Gasteiger partial charge is 0.416 e. The minimum absolute atomic E-state index is 0.00939. The van der Waals surface area contributed by atoms with Gasteiger partial charge in [0.05, 0.1) is 34.2 Å². The Morgan fingerprint density at radius 3 is 2.52 bits per heavy atom. The normalized spacial score (nSPS) is 17.6. The van der Waals surface area contributed by atoms with Gasteiger partial charge in [-0.25, -0.2) is 19.9 Å². The van der Waals surface area contributed by atoms with Crippen LogP contribution in [0, 0.1) is 6.92 Å². The second-order valence-corrected chi connectivity index (χ2v) is 11.9. The molecule has 1 aromatic carbocycles. The molecule has 2 atom stereocenters. The van der Waals surface area contributed by atoms with Crippen LogP contribution in [0.1, 0.15) is 47.2 Å². The highest BCUT2D eigenvalue weighted by atomic mass is 35.5. The van der Waals surface area contributed by atoms with E-state index in [-0.39, 0.29) is 76.2 Å². The molecule has 3 N–H and O–H groups in total. The van der Waals surface area contributed by atoms with E-state index in [2.05, 4.69) is 30.6 Å². The monoisotopic (exact) mass is 685 g/mol. The zero-order chi connectivity index (χ0) is 34.5. The van der Waals surface area contributed by atoms with Crippen LogP contribution in [0.2, 0.25) is 5.02 Å². The Balaban J connectivity index is 1.37. The van der Waals surface area contributed by atoms with Crippen LogP contribution in [0.4, 0.5) is 30.4 Å². The van der Waals surface area contributed by atoms with Gasteiger partial charge in [0, 0.05) is 31.9 Å². The average molecular weight is 686 g/mol. The van der Waals surface area contributed by atoms with Gasteiger partial charge in [0.2, 0.25) is 11.3 Å². The summed E-state index contributed by atoms with van der Waals surface area (Å²) in [6.07, 6.45) is -0.287. The Hall–Kier alpha value is -4.99. The van der Waals surface area contributed by atoms with E-state index in [9.17, 15) is 32.7 Å². The molecule has 4 heterocycles. The first-order chi connectivity index (χ1) is 22.8. The number of pyridine rings is 1. The van der Waals surface area contributed by atoms with Gasteiger partial charge in [0.25, 0.3) is 5.91 Å². The number of carbonyl (C=O) groups excluding carboxylic acids is 2. The maximum Gasteiger partial charge on any atom is 0.416 e. The van der Waals surface area contributed by atoms with Crippen molar-refractivity contribution in [3.05, 3.63) is 68.6 Å². The summed E-state index contributed by atoms with van der Waals surface area (Å²) in [6.45, 7) is 3.57. The lowest BCUT2D eigenvalue weighted by Gasteiger charge is -2.54. The van der Waals surface area contributed by atoms with E-state index in [1.54, 1.807) is 23.4 Å². The van der Waals surface area contributed by atoms with Crippen LogP contribution < -0.4 is 21.0 Å². The third-order valence-electron chi connectivity index (χ3n) is 8.84. The molecule has 1 saturated carbocycles. The second-order valence-electron chi connectivity index (χ2n) is 11.5. The van der Waals surface area contributed by atoms with E-state index < -0.39 is 23.6 Å². The van der Waals surface area contributed by atoms with E-state index in [4.69, 9.17) is 11.6 Å². The van der Waals surface area contributed by atoms with Gasteiger partial charge >= 0.3 is 6.18 Å². The Bertz CT molecular complexity index is 2010. The van der Waals surface area contributed by atoms with Crippen LogP contribution >= 0.6 is 11.6 Å². The first kappa shape index (κ1) is 32.9. The van der Waals surface area contributed by atoms with E-state index in [0.717, 1.165) is 18.2 Å². The van der Waals surface area contributed by atoms with Crippen LogP contribution in [-0.2, 0) is 23.9 Å². The highest BCUT2D eigenvalue weighted by molar-refractivity contribution is 6.33. The molecule has 6 rings (SSSR count). The van der Waals surface area contributed by atoms with Crippen molar-refractivity contribution in [2.45, 2.75) is 57.9 Å². The number of halogens is 4. The van der Waals surface area contributed by atoms with Crippen LogP contribution in [0.15, 0.2) is 35.5 Å². The predicted octanol–water partition coefficient (Wildman–Crippen LogP) is 4.00. The number of piperazine rings is 1. The lowest BCUT2D eigenvalue weighted by molar-refractivity contribution is -0.137. The summed E-state index contributed by atoms with van der Waals surface area (Å²) < 4.78 is 41.0. The summed E-state index contributed by atoms with van der Waals surface area (Å²) in [5.41, 5.74) is -0.144. The average Bonchev–Trinajstić information content (AvgIpc) is 3.03. The quantitative estimate of drug-likeness (QED) is 0.260. The topological polar surface area (TPSA) is 158 Å². The highest BCUT2D eigenvalue weighted by Crippen LogP contribution is 2.39. The molecule has 2 aliphatic rings. The largest absolute Gasteiger partial charge is 0.504 e. The first-order valence-electron chi connectivity index (χ1n) is 15.2. The number of aryl methyl sites for hydroxylation is 1. The molecule has 3 aromatic heterocycles. The van der Waals surface area contributed by atoms with Crippen molar-refractivity contribution in [2.24, 2.45) is 0 Å². The fourth-order valence-corrected chi connectivity index (χ4v) is 6.56. The molecular weight excluding hydrogens is 655 g/mol. The minimum Gasteiger partial charge on any atom is -0.504 e. The zero-order valence-electron chi connectivity index (χ0n) is 26.1. The number of hydrogen-bond acceptors (Lipinski definition) is 10. The fraction of sp³-hybridized carbons (Fsp3) is 0.387. The van der Waals surface area contributed by atoms with Crippen molar-refractivity contribution < 1.29 is 27.9 Å². The molecule has 0 spiro atoms. The van der Waals surface area contributed by atoms with Gasteiger partial charge in [0.15, 0.2) is 22.6 Å². The molecule has 4 aromatic rings. The molecule has 2 amide bonds. The predicted molar refractivity (Wildman–Crippen MR) is 171 cm³/mol. The SMILES string of the molecule is CCc1c(N2CCN(C(=O)c3ncnc(C)c3O)[C@@H]3CC[C@H]32)c(=O)c2nc(NC)cnc2n1CC(=O)Nc1ccc(C(F)(F)F)cc1Cl. The standard InChI is InChI=1S/C31H31ClF3N9O4/c1-4-19-26(42-9-10-43(21-8-7-20(21)42)30(48)25-27(46)15(2)38-14-39-25)28(47)24-29(37-12-22(36-3)41-24)44(19)13-23(45)40-18-6-5-16(11-17(18)32)31(33,34)35/h5-6,11-12,14,20-21,46H,4,7-10,13H2,1-3H3,(H,36,41)(H,40,45)/t20-,21-/m1/s1. The molecule has 1 aliphatic heterocycles. The third-order valence-corrected chi connectivity index (χ3v) is 9.15. The second kappa shape index (κ2) is 12.6. The van der Waals surface area contributed by atoms with Crippen molar-refractivity contribution >= 4 is 51.8 Å². The number of benzene rings is 1. The summed E-state index contributed by atoms with van der Waals surface area (Å²) in [7, 11) is 1.63. The van der Waals surface area contributed by atoms with Gasteiger partial charge in [-0.3, -0.25) is 14.4 Å². The fourth-order valence-electron chi connectivity index (χ4n) is 6.33. The van der Waals surface area contributed by atoms with E-state index in [1.807, 2.05) is 11.8 Å². The van der Waals surface area contributed by atoms with Crippen LogP contribution in [0.3, 0.4) is 0 Å². The summed E-state index contributed by atoms with van der Waals surface area (Å²) in [4.78, 5) is 61.7. The molecule has 1 aliphatic carbocycles. The Labute approximate surface area is 276 Å². The first-order valence-corrected chi connectivity index (χ1v) is 15.6. The van der Waals surface area contributed by atoms with Crippen molar-refractivity contribution in [1.82, 2.24) is 29.4 Å². The number of aromatic nitrogens is 5. The summed E-state index contributed by atoms with van der Waals surface area (Å²) in [6, 6.07) is 2.13. The van der Waals surface area contributed by atoms with Crippen molar-refractivity contribution in [3.8, 4) is 5.75 Å². The number of rotatable bonds is 7. The molecule has 13 nitrogen and oxygen atoms in total. The molecule has 0 radical (unpaired) electrons. The Kier molecular flexibility index (Phi) is 8.62. The van der Waals surface area contributed by atoms with Gasteiger partial charge in [-0.1, -0.05) is 18.5 Å². The van der Waals surface area contributed by atoms with Crippen molar-refractivity contribution in [3.63, 3.8) is 0 Å². The molecule has 252 valence electrons. The van der Waals surface area contributed by atoms with E-state index in [1.165, 1.54) is 12.5 Å². The number of carbonyl (C=O) groups is 2. The number of amides is 2. The Morgan fingerprint density at radius 1 is 1.12 bits per heavy atom. The van der Waals surface area contributed by atoms with Crippen molar-refractivity contribution in [2.75, 3.05) is 35.7 Å². The number of hydrogen-bond donors (Lipinski definition) is 3. The number of nitrogens with zero attached hydrogens (tertiary/aromatic N) is 7. The lowest BCUT2D eigenvalue weighted by Crippen LogP contribution is -2.67. The van der Waals surface area contributed by atoms with E-state index in [0.29, 0.717) is 36.5 Å². The van der Waals surface area contributed by atoms with Crippen molar-refractivity contribution in [1.29, 1.82) is 0 Å². The number of nitrogens with one attached hydrogen (secondary N) is 2. The molecular formula is C31H31ClF3N9O4. The maximum absolute atomic E-state index is 14.2. The molecule has 17 heteroatoms. The molecule has 0 unspecified atom stereocenters. The molecule has 0 bridgehead atoms. The molecule has 1 saturated heterocycles. The van der Waals surface area contributed by atoms with Gasteiger partial charge in [0.1, 0.15) is 24.4 Å². The van der Waals surface area contributed by atoms with Crippen LogP contribution in [0.25, 0.3) is 11.2 Å². The van der Waals surface area contributed by atoms with Crippen LogP contribution in [-0.4, -0.2) is 78.5 Å². The maximum atomic E-state index is 14.2. The third kappa shape index (κ3) is 5.73. The molecule has 48 heavy (non-hydrogen) atoms. The van der Waals surface area contributed by atoms with Gasteiger partial charge in [-0.2, -0.15) is 13.2 Å². The van der Waals surface area contributed by atoms with Gasteiger partial charge in [-0.05, 0) is 44.4 Å². The zero-order valence-corrected chi connectivity index (χ0v) is 26.9. The number of aromatic hydroxyl groups is 1. The number of fused-ring (bicyclic) bond motifs is 2. The number of alkyl halides is 3. The lowest BCUT2D eigenvalue weighted by atomic mass is 9.81. The molecule has 2 fully saturated rings. The van der Waals surface area contributed by atoms with Gasteiger partial charge in [-0.15, -0.1) is 0 Å². The van der Waals surface area contributed by atoms with E-state index >= 15 is 0 Å². The highest BCUT2D eigenvalue weighted by Gasteiger charge is 2.47. The Morgan fingerprint density at radius 2 is 1.88 bits per heavy atom. The minimum atomic E-state index is -4.60. The summed E-state index contributed by atoms with van der Waals surface area (Å²) in [5.74, 6) is -0.985. The number of anilines is 3. The van der Waals surface area contributed by atoms with Gasteiger partial charge < -0.3 is 30.1 Å². The summed E-state index contributed by atoms with van der Waals surface area (Å²) in [5, 5.41) is 15.6. The van der Waals surface area contributed by atoms with Crippen LogP contribution in [0.5, 0.6) is 5.75 Å².